The van der Waals surface area contributed by atoms with Gasteiger partial charge in [-0.05, 0) is 39.7 Å². The van der Waals surface area contributed by atoms with Gasteiger partial charge in [0.2, 0.25) is 10.0 Å². The van der Waals surface area contributed by atoms with Crippen LogP contribution in [0.25, 0.3) is 0 Å². The van der Waals surface area contributed by atoms with Crippen LogP contribution in [-0.4, -0.2) is 54.7 Å². The first-order valence-corrected chi connectivity index (χ1v) is 9.34. The molecule has 6 heteroatoms. The van der Waals surface area contributed by atoms with E-state index in [9.17, 15) is 8.42 Å². The molecule has 1 saturated heterocycles. The van der Waals surface area contributed by atoms with Crippen LogP contribution in [0.5, 0.6) is 0 Å². The fourth-order valence-electron chi connectivity index (χ4n) is 2.19. The molecule has 2 fully saturated rings. The molecule has 1 saturated carbocycles. The first kappa shape index (κ1) is 14.6. The van der Waals surface area contributed by atoms with E-state index >= 15 is 0 Å². The summed E-state index contributed by atoms with van der Waals surface area (Å²) in [7, 11) is -3.05. The van der Waals surface area contributed by atoms with Gasteiger partial charge in [-0.3, -0.25) is 0 Å². The van der Waals surface area contributed by atoms with Gasteiger partial charge in [-0.1, -0.05) is 0 Å². The zero-order valence-electron chi connectivity index (χ0n) is 11.3. The molecule has 0 unspecified atom stereocenters. The van der Waals surface area contributed by atoms with E-state index in [1.165, 1.54) is 12.8 Å². The highest BCUT2D eigenvalue weighted by Gasteiger charge is 2.33. The Kier molecular flexibility index (Phi) is 4.62. The summed E-state index contributed by atoms with van der Waals surface area (Å²) in [6, 6.07) is 0.665. The third-order valence-corrected chi connectivity index (χ3v) is 6.57. The van der Waals surface area contributed by atoms with Crippen LogP contribution in [-0.2, 0) is 10.0 Å². The van der Waals surface area contributed by atoms with Gasteiger partial charge in [0.25, 0.3) is 0 Å². The number of nitrogens with zero attached hydrogens (tertiary/aromatic N) is 1. The molecule has 0 aromatic rings. The van der Waals surface area contributed by atoms with Crippen LogP contribution in [0, 0.1) is 0 Å². The fourth-order valence-corrected chi connectivity index (χ4v) is 5.15. The molecule has 0 aromatic heterocycles. The molecule has 1 aliphatic carbocycles. The van der Waals surface area contributed by atoms with Crippen molar-refractivity contribution in [1.29, 1.82) is 0 Å². The standard InChI is InChI=1S/C12H24N2O2S2/c1-12(2)10-14(7-8-17-12)18(15,16)9-3-6-13-11-4-5-11/h11,13H,3-10H2,1-2H3. The summed E-state index contributed by atoms with van der Waals surface area (Å²) >= 11 is 1.86. The van der Waals surface area contributed by atoms with Crippen LogP contribution in [0.2, 0.25) is 0 Å². The largest absolute Gasteiger partial charge is 0.314 e. The number of hydrogen-bond donors (Lipinski definition) is 1. The van der Waals surface area contributed by atoms with E-state index in [-0.39, 0.29) is 10.5 Å². The van der Waals surface area contributed by atoms with E-state index < -0.39 is 10.0 Å². The Labute approximate surface area is 115 Å². The van der Waals surface area contributed by atoms with Crippen LogP contribution < -0.4 is 5.32 Å². The maximum absolute atomic E-state index is 12.2. The van der Waals surface area contributed by atoms with Crippen molar-refractivity contribution in [1.82, 2.24) is 9.62 Å². The summed E-state index contributed by atoms with van der Waals surface area (Å²) < 4.78 is 26.2. The highest BCUT2D eigenvalue weighted by atomic mass is 32.2. The second-order valence-electron chi connectivity index (χ2n) is 5.84. The lowest BCUT2D eigenvalue weighted by Gasteiger charge is -2.36. The van der Waals surface area contributed by atoms with Crippen molar-refractivity contribution in [2.24, 2.45) is 0 Å². The second kappa shape index (κ2) is 5.69. The van der Waals surface area contributed by atoms with E-state index in [0.717, 1.165) is 18.7 Å². The molecule has 1 N–H and O–H groups in total. The summed E-state index contributed by atoms with van der Waals surface area (Å²) in [5.74, 6) is 1.19. The predicted molar refractivity (Wildman–Crippen MR) is 77.5 cm³/mol. The third-order valence-electron chi connectivity index (χ3n) is 3.37. The van der Waals surface area contributed by atoms with Gasteiger partial charge >= 0.3 is 0 Å². The van der Waals surface area contributed by atoms with Crippen molar-refractivity contribution >= 4 is 21.8 Å². The number of thioether (sulfide) groups is 1. The molecule has 4 nitrogen and oxygen atoms in total. The van der Waals surface area contributed by atoms with E-state index in [4.69, 9.17) is 0 Å². The molecule has 2 rings (SSSR count). The molecule has 0 amide bonds. The van der Waals surface area contributed by atoms with Crippen LogP contribution >= 0.6 is 11.8 Å². The molecule has 1 aliphatic heterocycles. The fraction of sp³-hybridized carbons (Fsp3) is 1.00. The van der Waals surface area contributed by atoms with E-state index in [1.807, 2.05) is 11.8 Å². The van der Waals surface area contributed by atoms with E-state index in [1.54, 1.807) is 4.31 Å². The zero-order valence-corrected chi connectivity index (χ0v) is 12.9. The monoisotopic (exact) mass is 292 g/mol. The van der Waals surface area contributed by atoms with Crippen LogP contribution in [0.15, 0.2) is 0 Å². The van der Waals surface area contributed by atoms with Crippen molar-refractivity contribution in [3.63, 3.8) is 0 Å². The molecule has 1 heterocycles. The molecule has 106 valence electrons. The Morgan fingerprint density at radius 3 is 2.72 bits per heavy atom. The Morgan fingerprint density at radius 1 is 1.39 bits per heavy atom. The van der Waals surface area contributed by atoms with Gasteiger partial charge in [0.05, 0.1) is 5.75 Å². The topological polar surface area (TPSA) is 49.4 Å². The molecule has 0 atom stereocenters. The Bertz CT molecular complexity index is 378. The van der Waals surface area contributed by atoms with Gasteiger partial charge in [-0.2, -0.15) is 16.1 Å². The van der Waals surface area contributed by atoms with Crippen molar-refractivity contribution in [2.75, 3.05) is 31.1 Å². The van der Waals surface area contributed by atoms with Gasteiger partial charge in [-0.25, -0.2) is 8.42 Å². The maximum atomic E-state index is 12.2. The Balaban J connectivity index is 1.77. The molecule has 18 heavy (non-hydrogen) atoms. The average Bonchev–Trinajstić information content (AvgIpc) is 3.07. The highest BCUT2D eigenvalue weighted by molar-refractivity contribution is 8.00. The first-order valence-electron chi connectivity index (χ1n) is 6.74. The van der Waals surface area contributed by atoms with Crippen molar-refractivity contribution < 1.29 is 8.42 Å². The van der Waals surface area contributed by atoms with Crippen LogP contribution in [0.3, 0.4) is 0 Å². The summed E-state index contributed by atoms with van der Waals surface area (Å²) in [4.78, 5) is 0. The average molecular weight is 292 g/mol. The van der Waals surface area contributed by atoms with Gasteiger partial charge in [0, 0.05) is 29.6 Å². The molecule has 0 bridgehead atoms. The Hall–Kier alpha value is 0.220. The number of nitrogens with one attached hydrogen (secondary N) is 1. The van der Waals surface area contributed by atoms with Crippen molar-refractivity contribution in [2.45, 2.75) is 43.9 Å². The van der Waals surface area contributed by atoms with Gasteiger partial charge in [0.15, 0.2) is 0 Å². The quantitative estimate of drug-likeness (QED) is 0.750. The van der Waals surface area contributed by atoms with E-state index in [2.05, 4.69) is 19.2 Å². The molecule has 0 aromatic carbocycles. The minimum absolute atomic E-state index is 0.0532. The highest BCUT2D eigenvalue weighted by Crippen LogP contribution is 2.30. The molecular weight excluding hydrogens is 268 g/mol. The van der Waals surface area contributed by atoms with Crippen molar-refractivity contribution in [3.8, 4) is 0 Å². The lowest BCUT2D eigenvalue weighted by Crippen LogP contribution is -2.47. The SMILES string of the molecule is CC1(C)CN(S(=O)(=O)CCCNC2CC2)CCS1. The summed E-state index contributed by atoms with van der Waals surface area (Å²) in [6.07, 6.45) is 3.23. The predicted octanol–water partition coefficient (Wildman–Crippen LogP) is 1.29. The smallest absolute Gasteiger partial charge is 0.214 e. The first-order chi connectivity index (χ1) is 8.39. The summed E-state index contributed by atoms with van der Waals surface area (Å²) in [5, 5.41) is 3.36. The van der Waals surface area contributed by atoms with Gasteiger partial charge in [-0.15, -0.1) is 0 Å². The summed E-state index contributed by atoms with van der Waals surface area (Å²) in [6.45, 7) is 6.39. The number of hydrogen-bond acceptors (Lipinski definition) is 4. The normalized spacial score (nSPS) is 25.2. The molecule has 0 spiro atoms. The third kappa shape index (κ3) is 4.40. The van der Waals surface area contributed by atoms with Crippen LogP contribution in [0.4, 0.5) is 0 Å². The Morgan fingerprint density at radius 2 is 2.11 bits per heavy atom. The van der Waals surface area contributed by atoms with Crippen molar-refractivity contribution in [3.05, 3.63) is 0 Å². The lowest BCUT2D eigenvalue weighted by atomic mass is 10.2. The van der Waals surface area contributed by atoms with E-state index in [0.29, 0.717) is 19.1 Å². The zero-order chi connectivity index (χ0) is 13.2. The van der Waals surface area contributed by atoms with Gasteiger partial charge in [0.1, 0.15) is 0 Å². The summed E-state index contributed by atoms with van der Waals surface area (Å²) in [5.41, 5.74) is 0. The maximum Gasteiger partial charge on any atom is 0.214 e. The second-order valence-corrected chi connectivity index (χ2v) is 9.73. The van der Waals surface area contributed by atoms with Gasteiger partial charge < -0.3 is 5.32 Å². The molecule has 0 radical (unpaired) electrons. The minimum Gasteiger partial charge on any atom is -0.314 e. The number of rotatable bonds is 6. The minimum atomic E-state index is -3.05. The lowest BCUT2D eigenvalue weighted by molar-refractivity contribution is 0.386. The number of sulfonamides is 1. The van der Waals surface area contributed by atoms with Crippen LogP contribution in [0.1, 0.15) is 33.1 Å². The molecule has 2 aliphatic rings. The molecular formula is C12H24N2O2S2.